The van der Waals surface area contributed by atoms with Crippen molar-refractivity contribution in [3.05, 3.63) is 57.2 Å². The fourth-order valence-corrected chi connectivity index (χ4v) is 4.16. The summed E-state index contributed by atoms with van der Waals surface area (Å²) in [6, 6.07) is 8.69. The van der Waals surface area contributed by atoms with Crippen LogP contribution in [0.1, 0.15) is 19.4 Å². The number of amides is 3. The van der Waals surface area contributed by atoms with Crippen LogP contribution in [0.4, 0.5) is 14.9 Å². The van der Waals surface area contributed by atoms with E-state index < -0.39 is 11.7 Å². The smallest absolute Gasteiger partial charge is 0.293 e. The molecule has 168 valence electrons. The monoisotopic (exact) mass is 522 g/mol. The van der Waals surface area contributed by atoms with Gasteiger partial charge in [-0.3, -0.25) is 19.3 Å². The Labute approximate surface area is 197 Å². The third kappa shape index (κ3) is 5.68. The van der Waals surface area contributed by atoms with E-state index in [1.807, 2.05) is 0 Å². The normalized spacial score (nSPS) is 14.8. The number of carbonyl (C=O) groups is 3. The summed E-state index contributed by atoms with van der Waals surface area (Å²) in [5, 5.41) is 2.31. The topological polar surface area (TPSA) is 84.9 Å². The van der Waals surface area contributed by atoms with Crippen molar-refractivity contribution >= 4 is 56.5 Å². The van der Waals surface area contributed by atoms with Gasteiger partial charge in [0.05, 0.1) is 11.5 Å². The molecular formula is C22H20BrFN2O5S. The molecule has 2 aromatic carbocycles. The molecule has 0 aromatic heterocycles. The molecule has 0 radical (unpaired) electrons. The highest BCUT2D eigenvalue weighted by atomic mass is 79.9. The third-order valence-electron chi connectivity index (χ3n) is 4.33. The molecule has 3 amide bonds. The Bertz CT molecular complexity index is 1070. The maximum Gasteiger partial charge on any atom is 0.293 e. The quantitative estimate of drug-likeness (QED) is 0.487. The Hall–Kier alpha value is -2.85. The standard InChI is InChI=1S/C22H20BrFN2O5S/c1-3-26-21(28)19(32-22(26)29)10-13-9-17(30-4-2)18(11-16(13)23)31-12-20(27)25-15-7-5-14(24)6-8-15/h5-11H,3-4,12H2,1-2H3,(H,25,27)/b19-10+. The van der Waals surface area contributed by atoms with E-state index >= 15 is 0 Å². The Balaban J connectivity index is 1.76. The largest absolute Gasteiger partial charge is 0.490 e. The Morgan fingerprint density at radius 3 is 2.47 bits per heavy atom. The highest BCUT2D eigenvalue weighted by Gasteiger charge is 2.33. The van der Waals surface area contributed by atoms with Crippen LogP contribution >= 0.6 is 27.7 Å². The van der Waals surface area contributed by atoms with Crippen LogP contribution in [-0.2, 0) is 9.59 Å². The summed E-state index contributed by atoms with van der Waals surface area (Å²) in [6.07, 6.45) is 1.61. The lowest BCUT2D eigenvalue weighted by Gasteiger charge is -2.14. The van der Waals surface area contributed by atoms with Crippen molar-refractivity contribution in [2.75, 3.05) is 25.1 Å². The lowest BCUT2D eigenvalue weighted by atomic mass is 10.2. The molecule has 32 heavy (non-hydrogen) atoms. The average molecular weight is 523 g/mol. The predicted octanol–water partition coefficient (Wildman–Crippen LogP) is 5.06. The number of hydrogen-bond donors (Lipinski definition) is 1. The number of rotatable bonds is 8. The number of carbonyl (C=O) groups excluding carboxylic acids is 3. The second kappa shape index (κ2) is 10.6. The first-order valence-corrected chi connectivity index (χ1v) is 11.3. The van der Waals surface area contributed by atoms with Gasteiger partial charge in [-0.2, -0.15) is 0 Å². The Kier molecular flexibility index (Phi) is 7.92. The molecule has 10 heteroatoms. The van der Waals surface area contributed by atoms with Gasteiger partial charge in [-0.05, 0) is 73.6 Å². The summed E-state index contributed by atoms with van der Waals surface area (Å²) in [7, 11) is 0. The van der Waals surface area contributed by atoms with Gasteiger partial charge in [0.15, 0.2) is 18.1 Å². The maximum absolute atomic E-state index is 13.0. The molecule has 0 unspecified atom stereocenters. The molecule has 1 aliphatic rings. The van der Waals surface area contributed by atoms with Crippen molar-refractivity contribution in [1.82, 2.24) is 4.90 Å². The number of nitrogens with one attached hydrogen (secondary N) is 1. The van der Waals surface area contributed by atoms with E-state index in [9.17, 15) is 18.8 Å². The molecule has 1 saturated heterocycles. The molecule has 7 nitrogen and oxygen atoms in total. The van der Waals surface area contributed by atoms with Gasteiger partial charge in [-0.1, -0.05) is 15.9 Å². The molecular weight excluding hydrogens is 503 g/mol. The summed E-state index contributed by atoms with van der Waals surface area (Å²) >= 11 is 4.32. The summed E-state index contributed by atoms with van der Waals surface area (Å²) in [6.45, 7) is 3.91. The fraction of sp³-hybridized carbons (Fsp3) is 0.227. The molecule has 0 bridgehead atoms. The van der Waals surface area contributed by atoms with Crippen LogP contribution < -0.4 is 14.8 Å². The number of likely N-dealkylation sites (N-methyl/N-ethyl adjacent to an activating group) is 1. The van der Waals surface area contributed by atoms with Gasteiger partial charge in [-0.15, -0.1) is 0 Å². The van der Waals surface area contributed by atoms with Gasteiger partial charge < -0.3 is 14.8 Å². The molecule has 1 N–H and O–H groups in total. The summed E-state index contributed by atoms with van der Waals surface area (Å²) < 4.78 is 24.8. The van der Waals surface area contributed by atoms with Gasteiger partial charge >= 0.3 is 0 Å². The molecule has 2 aromatic rings. The third-order valence-corrected chi connectivity index (χ3v) is 5.92. The molecule has 0 saturated carbocycles. The number of anilines is 1. The number of ether oxygens (including phenoxy) is 2. The number of thioether (sulfide) groups is 1. The first-order chi connectivity index (χ1) is 15.3. The van der Waals surface area contributed by atoms with E-state index in [1.54, 1.807) is 32.1 Å². The minimum atomic E-state index is -0.424. The summed E-state index contributed by atoms with van der Waals surface area (Å²) in [4.78, 5) is 38.0. The molecule has 1 heterocycles. The maximum atomic E-state index is 13.0. The van der Waals surface area contributed by atoms with Gasteiger partial charge in [0.2, 0.25) is 0 Å². The summed E-state index contributed by atoms with van der Waals surface area (Å²) in [5.41, 5.74) is 1.07. The van der Waals surface area contributed by atoms with E-state index in [0.717, 1.165) is 11.8 Å². The Morgan fingerprint density at radius 1 is 1.16 bits per heavy atom. The van der Waals surface area contributed by atoms with Crippen molar-refractivity contribution in [2.45, 2.75) is 13.8 Å². The minimum absolute atomic E-state index is 0.293. The van der Waals surface area contributed by atoms with Crippen LogP contribution in [-0.4, -0.2) is 41.7 Å². The van der Waals surface area contributed by atoms with Gasteiger partial charge in [0.1, 0.15) is 5.82 Å². The zero-order valence-electron chi connectivity index (χ0n) is 17.3. The van der Waals surface area contributed by atoms with E-state index in [4.69, 9.17) is 9.47 Å². The van der Waals surface area contributed by atoms with Crippen LogP contribution in [0, 0.1) is 5.82 Å². The van der Waals surface area contributed by atoms with Crippen LogP contribution in [0.15, 0.2) is 45.8 Å². The molecule has 0 atom stereocenters. The zero-order valence-corrected chi connectivity index (χ0v) is 19.7. The van der Waals surface area contributed by atoms with E-state index in [0.29, 0.717) is 45.3 Å². The van der Waals surface area contributed by atoms with Crippen LogP contribution in [0.5, 0.6) is 11.5 Å². The predicted molar refractivity (Wildman–Crippen MR) is 124 cm³/mol. The molecule has 0 aliphatic carbocycles. The highest BCUT2D eigenvalue weighted by Crippen LogP contribution is 2.38. The van der Waals surface area contributed by atoms with E-state index in [2.05, 4.69) is 21.2 Å². The van der Waals surface area contributed by atoms with Crippen molar-refractivity contribution in [2.24, 2.45) is 0 Å². The highest BCUT2D eigenvalue weighted by molar-refractivity contribution is 9.10. The van der Waals surface area contributed by atoms with Crippen LogP contribution in [0.2, 0.25) is 0 Å². The van der Waals surface area contributed by atoms with Gasteiger partial charge in [0.25, 0.3) is 17.1 Å². The number of hydrogen-bond acceptors (Lipinski definition) is 6. The second-order valence-electron chi connectivity index (χ2n) is 6.52. The van der Waals surface area contributed by atoms with E-state index in [-0.39, 0.29) is 17.8 Å². The van der Waals surface area contributed by atoms with Crippen molar-refractivity contribution in [1.29, 1.82) is 0 Å². The first kappa shape index (κ1) is 23.8. The minimum Gasteiger partial charge on any atom is -0.490 e. The SMILES string of the molecule is CCOc1cc(/C=C2/SC(=O)N(CC)C2=O)c(Br)cc1OCC(=O)Nc1ccc(F)cc1. The number of benzene rings is 2. The fourth-order valence-electron chi connectivity index (χ4n) is 2.83. The molecule has 1 aliphatic heterocycles. The molecule has 0 spiro atoms. The van der Waals surface area contributed by atoms with Crippen LogP contribution in [0.25, 0.3) is 6.08 Å². The first-order valence-electron chi connectivity index (χ1n) is 9.72. The lowest BCUT2D eigenvalue weighted by molar-refractivity contribution is -0.122. The number of imide groups is 1. The molecule has 3 rings (SSSR count). The molecule has 1 fully saturated rings. The average Bonchev–Trinajstić information content (AvgIpc) is 3.03. The number of nitrogens with zero attached hydrogens (tertiary/aromatic N) is 1. The van der Waals surface area contributed by atoms with Crippen LogP contribution in [0.3, 0.4) is 0 Å². The number of halogens is 2. The van der Waals surface area contributed by atoms with Crippen molar-refractivity contribution in [3.63, 3.8) is 0 Å². The summed E-state index contributed by atoms with van der Waals surface area (Å²) in [5.74, 6) is -0.458. The van der Waals surface area contributed by atoms with Crippen molar-refractivity contribution in [3.8, 4) is 11.5 Å². The zero-order chi connectivity index (χ0) is 23.3. The van der Waals surface area contributed by atoms with Crippen molar-refractivity contribution < 1.29 is 28.2 Å². The Morgan fingerprint density at radius 2 is 1.84 bits per heavy atom. The van der Waals surface area contributed by atoms with Gasteiger partial charge in [0, 0.05) is 16.7 Å². The van der Waals surface area contributed by atoms with E-state index in [1.165, 1.54) is 29.2 Å². The van der Waals surface area contributed by atoms with Gasteiger partial charge in [-0.25, -0.2) is 4.39 Å². The second-order valence-corrected chi connectivity index (χ2v) is 8.37. The lowest BCUT2D eigenvalue weighted by Crippen LogP contribution is -2.27.